The molecular formula is C15H7Cl2FN2O. The number of nitriles is 1. The lowest BCUT2D eigenvalue weighted by atomic mass is 10.1. The second kappa shape index (κ2) is 5.03. The Morgan fingerprint density at radius 3 is 2.57 bits per heavy atom. The molecule has 104 valence electrons. The van der Waals surface area contributed by atoms with Crippen LogP contribution in [0.3, 0.4) is 0 Å². The smallest absolute Gasteiger partial charge is 0.261 e. The molecule has 21 heavy (non-hydrogen) atoms. The van der Waals surface area contributed by atoms with Gasteiger partial charge in [-0.15, -0.1) is 0 Å². The summed E-state index contributed by atoms with van der Waals surface area (Å²) in [5.74, 6) is -0.959. The number of carbonyl (C=O) groups is 1. The van der Waals surface area contributed by atoms with E-state index >= 15 is 0 Å². The molecule has 2 aromatic rings. The summed E-state index contributed by atoms with van der Waals surface area (Å²) in [6.07, 6.45) is 0. The Morgan fingerprint density at radius 1 is 1.19 bits per heavy atom. The third-order valence-electron chi connectivity index (χ3n) is 3.31. The van der Waals surface area contributed by atoms with Gasteiger partial charge in [0.05, 0.1) is 16.7 Å². The SMILES string of the molecule is N#CC1c2c(Cl)ccc(Cl)c2C(=O)N1c1cccc(F)c1. The van der Waals surface area contributed by atoms with Crippen molar-refractivity contribution >= 4 is 34.8 Å². The molecule has 0 fully saturated rings. The lowest BCUT2D eigenvalue weighted by molar-refractivity contribution is 0.0994. The molecule has 0 radical (unpaired) electrons. The van der Waals surface area contributed by atoms with E-state index in [0.717, 1.165) is 0 Å². The van der Waals surface area contributed by atoms with E-state index in [0.29, 0.717) is 5.56 Å². The Labute approximate surface area is 130 Å². The minimum Gasteiger partial charge on any atom is -0.287 e. The Kier molecular flexibility index (Phi) is 3.32. The molecule has 1 unspecified atom stereocenters. The molecule has 0 saturated heterocycles. The van der Waals surface area contributed by atoms with Crippen LogP contribution in [-0.4, -0.2) is 5.91 Å². The summed E-state index contributed by atoms with van der Waals surface area (Å²) in [5.41, 5.74) is 0.843. The lowest BCUT2D eigenvalue weighted by Crippen LogP contribution is -2.27. The van der Waals surface area contributed by atoms with Gasteiger partial charge >= 0.3 is 0 Å². The van der Waals surface area contributed by atoms with Crippen molar-refractivity contribution < 1.29 is 9.18 Å². The van der Waals surface area contributed by atoms with E-state index in [1.807, 2.05) is 6.07 Å². The molecule has 2 aromatic carbocycles. The molecule has 0 spiro atoms. The molecule has 0 bridgehead atoms. The van der Waals surface area contributed by atoms with E-state index in [1.165, 1.54) is 35.2 Å². The quantitative estimate of drug-likeness (QED) is 0.783. The molecule has 1 heterocycles. The summed E-state index contributed by atoms with van der Waals surface area (Å²) in [4.78, 5) is 13.8. The fourth-order valence-corrected chi connectivity index (χ4v) is 2.94. The maximum absolute atomic E-state index is 13.4. The fraction of sp³-hybridized carbons (Fsp3) is 0.0667. The molecule has 1 aliphatic rings. The van der Waals surface area contributed by atoms with Gasteiger partial charge < -0.3 is 0 Å². The molecule has 1 atom stereocenters. The highest BCUT2D eigenvalue weighted by atomic mass is 35.5. The maximum atomic E-state index is 13.4. The summed E-state index contributed by atoms with van der Waals surface area (Å²) < 4.78 is 13.4. The number of hydrogen-bond donors (Lipinski definition) is 0. The maximum Gasteiger partial charge on any atom is 0.261 e. The number of anilines is 1. The van der Waals surface area contributed by atoms with Crippen LogP contribution >= 0.6 is 23.2 Å². The standard InChI is InChI=1S/C15H7Cl2FN2O/c16-10-4-5-11(17)14-13(10)12(7-19)20(15(14)21)9-3-1-2-8(18)6-9/h1-6,12H. The number of hydrogen-bond acceptors (Lipinski definition) is 2. The second-order valence-corrected chi connectivity index (χ2v) is 5.32. The number of fused-ring (bicyclic) bond motifs is 1. The van der Waals surface area contributed by atoms with Gasteiger partial charge in [-0.05, 0) is 30.3 Å². The van der Waals surface area contributed by atoms with Gasteiger partial charge in [-0.3, -0.25) is 9.69 Å². The molecule has 0 aromatic heterocycles. The van der Waals surface area contributed by atoms with E-state index in [9.17, 15) is 14.4 Å². The van der Waals surface area contributed by atoms with E-state index < -0.39 is 17.8 Å². The van der Waals surface area contributed by atoms with E-state index in [4.69, 9.17) is 23.2 Å². The van der Waals surface area contributed by atoms with Crippen molar-refractivity contribution in [3.63, 3.8) is 0 Å². The number of nitrogens with zero attached hydrogens (tertiary/aromatic N) is 2. The molecule has 1 amide bonds. The largest absolute Gasteiger partial charge is 0.287 e. The average Bonchev–Trinajstić information content (AvgIpc) is 2.77. The Bertz CT molecular complexity index is 801. The molecule has 0 N–H and O–H groups in total. The first-order valence-electron chi connectivity index (χ1n) is 6.01. The Hall–Kier alpha value is -2.09. The van der Waals surface area contributed by atoms with E-state index in [-0.39, 0.29) is 21.3 Å². The van der Waals surface area contributed by atoms with E-state index in [2.05, 4.69) is 0 Å². The minimum atomic E-state index is -0.930. The predicted molar refractivity (Wildman–Crippen MR) is 78.0 cm³/mol. The number of carbonyl (C=O) groups excluding carboxylic acids is 1. The summed E-state index contributed by atoms with van der Waals surface area (Å²) in [6.45, 7) is 0. The van der Waals surface area contributed by atoms with Crippen molar-refractivity contribution in [2.45, 2.75) is 6.04 Å². The van der Waals surface area contributed by atoms with Gasteiger partial charge in [0.25, 0.3) is 5.91 Å². The van der Waals surface area contributed by atoms with Crippen LogP contribution in [0.1, 0.15) is 22.0 Å². The van der Waals surface area contributed by atoms with Gasteiger partial charge in [0, 0.05) is 16.3 Å². The lowest BCUT2D eigenvalue weighted by Gasteiger charge is -2.20. The predicted octanol–water partition coefficient (Wildman–Crippen LogP) is 4.36. The van der Waals surface area contributed by atoms with Crippen molar-refractivity contribution in [1.29, 1.82) is 5.26 Å². The van der Waals surface area contributed by atoms with Crippen molar-refractivity contribution in [2.24, 2.45) is 0 Å². The zero-order valence-corrected chi connectivity index (χ0v) is 12.0. The molecule has 3 rings (SSSR count). The summed E-state index contributed by atoms with van der Waals surface area (Å²) in [7, 11) is 0. The van der Waals surface area contributed by atoms with Gasteiger partial charge in [0.2, 0.25) is 0 Å². The Balaban J connectivity index is 2.23. The van der Waals surface area contributed by atoms with Gasteiger partial charge in [-0.25, -0.2) is 4.39 Å². The van der Waals surface area contributed by atoms with Crippen molar-refractivity contribution in [1.82, 2.24) is 0 Å². The average molecular weight is 321 g/mol. The van der Waals surface area contributed by atoms with Gasteiger partial charge in [-0.1, -0.05) is 29.3 Å². The van der Waals surface area contributed by atoms with Crippen LogP contribution in [0, 0.1) is 17.1 Å². The zero-order valence-electron chi connectivity index (χ0n) is 10.5. The van der Waals surface area contributed by atoms with Crippen molar-refractivity contribution in [3.8, 4) is 6.07 Å². The number of rotatable bonds is 1. The highest BCUT2D eigenvalue weighted by Gasteiger charge is 2.41. The molecule has 0 saturated carbocycles. The number of halogens is 3. The van der Waals surface area contributed by atoms with Crippen molar-refractivity contribution in [3.05, 3.63) is 63.4 Å². The summed E-state index contributed by atoms with van der Waals surface area (Å²) >= 11 is 12.2. The van der Waals surface area contributed by atoms with Crippen LogP contribution in [-0.2, 0) is 0 Å². The van der Waals surface area contributed by atoms with Crippen LogP contribution in [0.4, 0.5) is 10.1 Å². The van der Waals surface area contributed by atoms with Gasteiger partial charge in [-0.2, -0.15) is 5.26 Å². The molecule has 0 aliphatic carbocycles. The molecule has 1 aliphatic heterocycles. The molecule has 3 nitrogen and oxygen atoms in total. The van der Waals surface area contributed by atoms with E-state index in [1.54, 1.807) is 6.07 Å². The third kappa shape index (κ3) is 2.06. The topological polar surface area (TPSA) is 44.1 Å². The second-order valence-electron chi connectivity index (χ2n) is 4.50. The van der Waals surface area contributed by atoms with Crippen LogP contribution in [0.5, 0.6) is 0 Å². The molecule has 6 heteroatoms. The Morgan fingerprint density at radius 2 is 1.90 bits per heavy atom. The number of benzene rings is 2. The third-order valence-corrected chi connectivity index (χ3v) is 3.96. The molecular weight excluding hydrogens is 314 g/mol. The van der Waals surface area contributed by atoms with Gasteiger partial charge in [0.15, 0.2) is 6.04 Å². The zero-order chi connectivity index (χ0) is 15.1. The van der Waals surface area contributed by atoms with Crippen LogP contribution < -0.4 is 4.90 Å². The normalized spacial score (nSPS) is 16.8. The van der Waals surface area contributed by atoms with Crippen LogP contribution in [0.2, 0.25) is 10.0 Å². The van der Waals surface area contributed by atoms with Crippen LogP contribution in [0.15, 0.2) is 36.4 Å². The highest BCUT2D eigenvalue weighted by Crippen LogP contribution is 2.43. The van der Waals surface area contributed by atoms with Gasteiger partial charge in [0.1, 0.15) is 5.82 Å². The first kappa shape index (κ1) is 13.9. The first-order valence-corrected chi connectivity index (χ1v) is 6.77. The highest BCUT2D eigenvalue weighted by molar-refractivity contribution is 6.38. The summed E-state index contributed by atoms with van der Waals surface area (Å²) in [5, 5.41) is 9.91. The van der Waals surface area contributed by atoms with Crippen molar-refractivity contribution in [2.75, 3.05) is 4.90 Å². The minimum absolute atomic E-state index is 0.194. The van der Waals surface area contributed by atoms with Crippen LogP contribution in [0.25, 0.3) is 0 Å². The summed E-state index contributed by atoms with van der Waals surface area (Å²) in [6, 6.07) is 9.62. The monoisotopic (exact) mass is 320 g/mol. The first-order chi connectivity index (χ1) is 10.0. The fourth-order valence-electron chi connectivity index (χ4n) is 2.43. The number of amides is 1.